The molecular formula is C16H29N5. The van der Waals surface area contributed by atoms with E-state index in [9.17, 15) is 0 Å². The van der Waals surface area contributed by atoms with E-state index in [0.717, 1.165) is 24.0 Å². The molecule has 0 bridgehead atoms. The molecule has 21 heavy (non-hydrogen) atoms. The van der Waals surface area contributed by atoms with E-state index in [-0.39, 0.29) is 11.6 Å². The lowest BCUT2D eigenvalue weighted by molar-refractivity contribution is 0.0799. The SMILES string of the molecule is Cc1ccnc(N)c1C(NN)C1(N(C)C)CCCCCC1. The number of pyridine rings is 1. The summed E-state index contributed by atoms with van der Waals surface area (Å²) in [5, 5.41) is 0. The molecule has 0 amide bonds. The van der Waals surface area contributed by atoms with Crippen LogP contribution in [0.1, 0.15) is 55.7 Å². The molecule has 1 fully saturated rings. The maximum Gasteiger partial charge on any atom is 0.128 e. The lowest BCUT2D eigenvalue weighted by atomic mass is 9.77. The normalized spacial score (nSPS) is 20.2. The molecule has 1 aromatic heterocycles. The van der Waals surface area contributed by atoms with Gasteiger partial charge in [-0.2, -0.15) is 0 Å². The van der Waals surface area contributed by atoms with Gasteiger partial charge in [0.1, 0.15) is 5.82 Å². The fraction of sp³-hybridized carbons (Fsp3) is 0.688. The molecule has 118 valence electrons. The van der Waals surface area contributed by atoms with Crippen LogP contribution in [0.4, 0.5) is 5.82 Å². The fourth-order valence-electron chi connectivity index (χ4n) is 3.81. The topological polar surface area (TPSA) is 80.2 Å². The number of anilines is 1. The van der Waals surface area contributed by atoms with E-state index in [4.69, 9.17) is 11.6 Å². The molecule has 1 atom stereocenters. The molecule has 2 rings (SSSR count). The van der Waals surface area contributed by atoms with Crippen LogP contribution >= 0.6 is 0 Å². The van der Waals surface area contributed by atoms with E-state index in [2.05, 4.69) is 36.3 Å². The Morgan fingerprint density at radius 2 is 1.86 bits per heavy atom. The number of nitrogens with two attached hydrogens (primary N) is 2. The maximum atomic E-state index is 6.18. The second kappa shape index (κ2) is 6.73. The van der Waals surface area contributed by atoms with Crippen molar-refractivity contribution < 1.29 is 0 Å². The molecule has 1 aliphatic carbocycles. The maximum absolute atomic E-state index is 6.18. The molecular weight excluding hydrogens is 262 g/mol. The van der Waals surface area contributed by atoms with E-state index in [1.807, 2.05) is 6.07 Å². The summed E-state index contributed by atoms with van der Waals surface area (Å²) in [6.07, 6.45) is 9.08. The predicted molar refractivity (Wildman–Crippen MR) is 87.6 cm³/mol. The van der Waals surface area contributed by atoms with Crippen LogP contribution in [-0.2, 0) is 0 Å². The molecule has 0 aliphatic heterocycles. The number of likely N-dealkylation sites (N-methyl/N-ethyl adjacent to an activating group) is 1. The Balaban J connectivity index is 2.49. The van der Waals surface area contributed by atoms with Crippen molar-refractivity contribution in [2.75, 3.05) is 19.8 Å². The summed E-state index contributed by atoms with van der Waals surface area (Å²) in [5.41, 5.74) is 11.4. The number of nitrogens with zero attached hydrogens (tertiary/aromatic N) is 2. The Morgan fingerprint density at radius 1 is 1.24 bits per heavy atom. The van der Waals surface area contributed by atoms with Crippen molar-refractivity contribution in [3.05, 3.63) is 23.4 Å². The van der Waals surface area contributed by atoms with Gasteiger partial charge >= 0.3 is 0 Å². The van der Waals surface area contributed by atoms with Gasteiger partial charge in [-0.3, -0.25) is 11.3 Å². The Morgan fingerprint density at radius 3 is 2.33 bits per heavy atom. The minimum atomic E-state index is -0.00678. The molecule has 1 aliphatic rings. The quantitative estimate of drug-likeness (QED) is 0.450. The number of nitrogen functional groups attached to an aromatic ring is 1. The van der Waals surface area contributed by atoms with Gasteiger partial charge in [-0.05, 0) is 45.5 Å². The van der Waals surface area contributed by atoms with E-state index >= 15 is 0 Å². The zero-order valence-electron chi connectivity index (χ0n) is 13.5. The van der Waals surface area contributed by atoms with Crippen molar-refractivity contribution in [1.82, 2.24) is 15.3 Å². The standard InChI is InChI=1S/C16H29N5/c1-12-8-11-19-15(17)13(12)14(20-18)16(21(2)3)9-6-4-5-7-10-16/h8,11,14,20H,4-7,9-10,18H2,1-3H3,(H2,17,19). The van der Waals surface area contributed by atoms with Crippen molar-refractivity contribution in [2.45, 2.75) is 57.0 Å². The van der Waals surface area contributed by atoms with Crippen LogP contribution in [0, 0.1) is 6.92 Å². The number of aromatic nitrogens is 1. The van der Waals surface area contributed by atoms with Gasteiger partial charge in [0.2, 0.25) is 0 Å². The fourth-order valence-corrected chi connectivity index (χ4v) is 3.81. The first-order chi connectivity index (χ1) is 10.0. The Kier molecular flexibility index (Phi) is 5.19. The van der Waals surface area contributed by atoms with Gasteiger partial charge < -0.3 is 10.6 Å². The minimum absolute atomic E-state index is 0.000648. The van der Waals surface area contributed by atoms with Crippen molar-refractivity contribution >= 4 is 5.82 Å². The Hall–Kier alpha value is -1.17. The molecule has 1 heterocycles. The number of rotatable bonds is 4. The number of hydrogen-bond donors (Lipinski definition) is 3. The molecule has 0 radical (unpaired) electrons. The summed E-state index contributed by atoms with van der Waals surface area (Å²) in [7, 11) is 4.30. The molecule has 0 saturated heterocycles. The molecule has 1 aromatic rings. The van der Waals surface area contributed by atoms with E-state index in [1.54, 1.807) is 6.20 Å². The van der Waals surface area contributed by atoms with Gasteiger partial charge in [0.25, 0.3) is 0 Å². The number of nitrogens with one attached hydrogen (secondary N) is 1. The van der Waals surface area contributed by atoms with E-state index < -0.39 is 0 Å². The molecule has 5 heteroatoms. The van der Waals surface area contributed by atoms with Crippen LogP contribution in [0.25, 0.3) is 0 Å². The Bertz CT molecular complexity index is 443. The Labute approximate surface area is 128 Å². The largest absolute Gasteiger partial charge is 0.383 e. The summed E-state index contributed by atoms with van der Waals surface area (Å²) >= 11 is 0. The van der Waals surface area contributed by atoms with Crippen LogP contribution in [0.3, 0.4) is 0 Å². The smallest absolute Gasteiger partial charge is 0.128 e. The van der Waals surface area contributed by atoms with Gasteiger partial charge in [-0.1, -0.05) is 25.7 Å². The van der Waals surface area contributed by atoms with Gasteiger partial charge in [-0.15, -0.1) is 0 Å². The monoisotopic (exact) mass is 291 g/mol. The summed E-state index contributed by atoms with van der Waals surface area (Å²) < 4.78 is 0. The zero-order valence-corrected chi connectivity index (χ0v) is 13.5. The molecule has 1 saturated carbocycles. The number of hydrogen-bond acceptors (Lipinski definition) is 5. The van der Waals surface area contributed by atoms with Gasteiger partial charge in [0, 0.05) is 17.3 Å². The predicted octanol–water partition coefficient (Wildman–Crippen LogP) is 2.13. The second-order valence-corrected chi connectivity index (χ2v) is 6.44. The molecule has 5 N–H and O–H groups in total. The molecule has 5 nitrogen and oxygen atoms in total. The zero-order chi connectivity index (χ0) is 15.5. The average molecular weight is 291 g/mol. The van der Waals surface area contributed by atoms with Gasteiger partial charge in [0.15, 0.2) is 0 Å². The highest BCUT2D eigenvalue weighted by atomic mass is 15.3. The third-order valence-electron chi connectivity index (χ3n) is 5.09. The molecule has 1 unspecified atom stereocenters. The highest BCUT2D eigenvalue weighted by molar-refractivity contribution is 5.47. The van der Waals surface area contributed by atoms with Crippen molar-refractivity contribution in [3.63, 3.8) is 0 Å². The van der Waals surface area contributed by atoms with Crippen LogP contribution < -0.4 is 17.0 Å². The first-order valence-electron chi connectivity index (χ1n) is 7.87. The van der Waals surface area contributed by atoms with Crippen molar-refractivity contribution in [2.24, 2.45) is 5.84 Å². The number of aryl methyl sites for hydroxylation is 1. The molecule has 0 aromatic carbocycles. The summed E-state index contributed by atoms with van der Waals surface area (Å²) in [5.74, 6) is 6.57. The van der Waals surface area contributed by atoms with E-state index in [1.165, 1.54) is 25.7 Å². The first-order valence-corrected chi connectivity index (χ1v) is 7.87. The third-order valence-corrected chi connectivity index (χ3v) is 5.09. The lowest BCUT2D eigenvalue weighted by Crippen LogP contribution is -2.55. The van der Waals surface area contributed by atoms with Gasteiger partial charge in [-0.25, -0.2) is 4.98 Å². The summed E-state index contributed by atoms with van der Waals surface area (Å²) in [6.45, 7) is 2.08. The first kappa shape index (κ1) is 16.2. The third kappa shape index (κ3) is 3.05. The van der Waals surface area contributed by atoms with Crippen molar-refractivity contribution in [3.8, 4) is 0 Å². The van der Waals surface area contributed by atoms with Gasteiger partial charge in [0.05, 0.1) is 6.04 Å². The van der Waals surface area contributed by atoms with Crippen LogP contribution in [0.2, 0.25) is 0 Å². The highest BCUT2D eigenvalue weighted by Gasteiger charge is 2.42. The summed E-state index contributed by atoms with van der Waals surface area (Å²) in [4.78, 5) is 6.61. The summed E-state index contributed by atoms with van der Waals surface area (Å²) in [6, 6.07) is 2.01. The highest BCUT2D eigenvalue weighted by Crippen LogP contribution is 2.42. The molecule has 0 spiro atoms. The number of hydrazine groups is 1. The van der Waals surface area contributed by atoms with E-state index in [0.29, 0.717) is 5.82 Å². The van der Waals surface area contributed by atoms with Crippen LogP contribution in [-0.4, -0.2) is 29.5 Å². The van der Waals surface area contributed by atoms with Crippen LogP contribution in [0.5, 0.6) is 0 Å². The second-order valence-electron chi connectivity index (χ2n) is 6.44. The minimum Gasteiger partial charge on any atom is -0.383 e. The van der Waals surface area contributed by atoms with Crippen LogP contribution in [0.15, 0.2) is 12.3 Å². The van der Waals surface area contributed by atoms with Crippen molar-refractivity contribution in [1.29, 1.82) is 0 Å². The average Bonchev–Trinajstić information content (AvgIpc) is 2.69. The lowest BCUT2D eigenvalue weighted by Gasteiger charge is -2.46.